The minimum absolute atomic E-state index is 0.241. The van der Waals surface area contributed by atoms with Crippen LogP contribution in [-0.4, -0.2) is 23.1 Å². The van der Waals surface area contributed by atoms with Gasteiger partial charge in [0, 0.05) is 29.6 Å². The van der Waals surface area contributed by atoms with Crippen LogP contribution in [0.25, 0.3) is 22.2 Å². The molecule has 0 unspecified atom stereocenters. The highest BCUT2D eigenvalue weighted by Crippen LogP contribution is 2.37. The minimum atomic E-state index is -0.464. The molecule has 3 aromatic heterocycles. The van der Waals surface area contributed by atoms with Gasteiger partial charge in [-0.2, -0.15) is 0 Å². The molecule has 0 aliphatic rings. The van der Waals surface area contributed by atoms with E-state index >= 15 is 0 Å². The van der Waals surface area contributed by atoms with Crippen molar-refractivity contribution in [1.29, 1.82) is 0 Å². The lowest BCUT2D eigenvalue weighted by Crippen LogP contribution is -2.19. The van der Waals surface area contributed by atoms with Gasteiger partial charge in [0.2, 0.25) is 0 Å². The molecule has 5 aromatic rings. The first-order chi connectivity index (χ1) is 17.5. The number of hydrogen-bond donors (Lipinski definition) is 1. The van der Waals surface area contributed by atoms with Crippen LogP contribution in [0.3, 0.4) is 0 Å². The van der Waals surface area contributed by atoms with Crippen molar-refractivity contribution in [2.24, 2.45) is 0 Å². The molecule has 2 aromatic carbocycles. The fraction of sp³-hybridized carbons (Fsp3) is 0.172. The summed E-state index contributed by atoms with van der Waals surface area (Å²) in [5, 5.41) is 5.31. The molecule has 0 radical (unpaired) electrons. The maximum Gasteiger partial charge on any atom is 0.341 e. The Bertz CT molecular complexity index is 1560. The molecule has 0 saturated carbocycles. The third-order valence-electron chi connectivity index (χ3n) is 6.21. The zero-order valence-electron chi connectivity index (χ0n) is 20.3. The Balaban J connectivity index is 1.52. The largest absolute Gasteiger partial charge is 0.463 e. The van der Waals surface area contributed by atoms with Gasteiger partial charge in [-0.3, -0.25) is 4.79 Å². The number of esters is 1. The van der Waals surface area contributed by atoms with Crippen LogP contribution in [0.2, 0.25) is 0 Å². The lowest BCUT2D eigenvalue weighted by molar-refractivity contribution is 0.0529. The Morgan fingerprint density at radius 1 is 1.06 bits per heavy atom. The normalized spacial score (nSPS) is 11.1. The van der Waals surface area contributed by atoms with Gasteiger partial charge in [0.05, 0.1) is 18.4 Å². The molecule has 0 spiro atoms. The first-order valence-corrected chi connectivity index (χ1v) is 12.6. The number of aryl methyl sites for hydroxylation is 2. The Morgan fingerprint density at radius 2 is 1.83 bits per heavy atom. The number of benzene rings is 2. The number of anilines is 1. The third-order valence-corrected chi connectivity index (χ3v) is 7.10. The van der Waals surface area contributed by atoms with Gasteiger partial charge >= 0.3 is 5.97 Å². The van der Waals surface area contributed by atoms with E-state index in [-0.39, 0.29) is 12.5 Å². The number of rotatable bonds is 7. The molecule has 0 fully saturated rings. The number of carbonyl (C=O) groups is 2. The number of carbonyl (C=O) groups excluding carboxylic acids is 2. The fourth-order valence-electron chi connectivity index (χ4n) is 4.26. The zero-order chi connectivity index (χ0) is 25.2. The van der Waals surface area contributed by atoms with Gasteiger partial charge in [0.1, 0.15) is 16.3 Å². The Morgan fingerprint density at radius 3 is 2.58 bits per heavy atom. The Hall–Kier alpha value is -4.10. The van der Waals surface area contributed by atoms with Gasteiger partial charge in [-0.05, 0) is 37.5 Å². The van der Waals surface area contributed by atoms with E-state index < -0.39 is 5.97 Å². The van der Waals surface area contributed by atoms with Gasteiger partial charge in [-0.15, -0.1) is 11.3 Å². The molecule has 1 amide bonds. The number of furan rings is 1. The van der Waals surface area contributed by atoms with E-state index in [4.69, 9.17) is 9.15 Å². The van der Waals surface area contributed by atoms with Crippen LogP contribution in [0, 0.1) is 13.8 Å². The van der Waals surface area contributed by atoms with Crippen LogP contribution >= 0.6 is 11.3 Å². The second-order valence-electron chi connectivity index (χ2n) is 8.61. The first kappa shape index (κ1) is 23.6. The van der Waals surface area contributed by atoms with E-state index in [1.54, 1.807) is 19.3 Å². The van der Waals surface area contributed by atoms with Crippen LogP contribution < -0.4 is 5.32 Å². The van der Waals surface area contributed by atoms with Crippen LogP contribution in [0.1, 0.15) is 44.5 Å². The van der Waals surface area contributed by atoms with Crippen molar-refractivity contribution in [3.8, 4) is 11.1 Å². The van der Waals surface area contributed by atoms with E-state index in [2.05, 4.69) is 24.4 Å². The number of aromatic nitrogens is 1. The Labute approximate surface area is 213 Å². The smallest absolute Gasteiger partial charge is 0.341 e. The minimum Gasteiger partial charge on any atom is -0.463 e. The summed E-state index contributed by atoms with van der Waals surface area (Å²) >= 11 is 1.31. The summed E-state index contributed by atoms with van der Waals surface area (Å²) in [6.07, 6.45) is 1.62. The molecule has 0 aliphatic heterocycles. The second kappa shape index (κ2) is 9.87. The van der Waals surface area contributed by atoms with Crippen molar-refractivity contribution >= 4 is 39.3 Å². The predicted molar refractivity (Wildman–Crippen MR) is 143 cm³/mol. The highest BCUT2D eigenvalue weighted by Gasteiger charge is 2.25. The predicted octanol–water partition coefficient (Wildman–Crippen LogP) is 7.06. The quantitative estimate of drug-likeness (QED) is 0.244. The standard InChI is InChI=1S/C29H26N2O4S/c1-4-34-29(33)26-22(20-11-9-18(2)10-12-20)17-36-28(26)30-27(32)24-15-25-23(13-14-35-25)31(24)16-21-8-6-5-7-19(21)3/h5-15,17H,4,16H2,1-3H3,(H,30,32). The third kappa shape index (κ3) is 4.45. The lowest BCUT2D eigenvalue weighted by atomic mass is 10.0. The highest BCUT2D eigenvalue weighted by atomic mass is 32.1. The van der Waals surface area contributed by atoms with Crippen molar-refractivity contribution < 1.29 is 18.7 Å². The number of thiophene rings is 1. The molecule has 3 heterocycles. The fourth-order valence-corrected chi connectivity index (χ4v) is 5.21. The number of nitrogens with zero attached hydrogens (tertiary/aromatic N) is 1. The highest BCUT2D eigenvalue weighted by molar-refractivity contribution is 7.15. The van der Waals surface area contributed by atoms with Gasteiger partial charge < -0.3 is 19.0 Å². The first-order valence-electron chi connectivity index (χ1n) is 11.7. The molecule has 5 rings (SSSR count). The van der Waals surface area contributed by atoms with E-state index in [0.29, 0.717) is 28.4 Å². The number of ether oxygens (including phenoxy) is 1. The lowest BCUT2D eigenvalue weighted by Gasteiger charge is -2.13. The van der Waals surface area contributed by atoms with Crippen LogP contribution in [0.4, 0.5) is 5.00 Å². The van der Waals surface area contributed by atoms with Gasteiger partial charge in [0.15, 0.2) is 5.58 Å². The molecule has 0 saturated heterocycles. The summed E-state index contributed by atoms with van der Waals surface area (Å²) in [4.78, 5) is 26.5. The van der Waals surface area contributed by atoms with Crippen molar-refractivity contribution in [1.82, 2.24) is 4.57 Å². The van der Waals surface area contributed by atoms with E-state index in [1.165, 1.54) is 11.3 Å². The average molecular weight is 499 g/mol. The summed E-state index contributed by atoms with van der Waals surface area (Å²) in [5.41, 5.74) is 7.27. The SMILES string of the molecule is CCOC(=O)c1c(-c2ccc(C)cc2)csc1NC(=O)c1cc2occc2n1Cc1ccccc1C. The summed E-state index contributed by atoms with van der Waals surface area (Å²) in [7, 11) is 0. The summed E-state index contributed by atoms with van der Waals surface area (Å²) < 4.78 is 12.9. The molecule has 182 valence electrons. The molecule has 0 aliphatic carbocycles. The molecular formula is C29H26N2O4S. The zero-order valence-corrected chi connectivity index (χ0v) is 21.1. The number of hydrogen-bond acceptors (Lipinski definition) is 5. The summed E-state index contributed by atoms with van der Waals surface area (Å²) in [6.45, 7) is 6.58. The van der Waals surface area contributed by atoms with Crippen molar-refractivity contribution in [2.45, 2.75) is 27.3 Å². The monoisotopic (exact) mass is 498 g/mol. The molecule has 0 atom stereocenters. The second-order valence-corrected chi connectivity index (χ2v) is 9.49. The number of amides is 1. The van der Waals surface area contributed by atoms with E-state index in [9.17, 15) is 9.59 Å². The maximum absolute atomic E-state index is 13.6. The summed E-state index contributed by atoms with van der Waals surface area (Å²) in [6, 6.07) is 19.6. The summed E-state index contributed by atoms with van der Waals surface area (Å²) in [5.74, 6) is -0.786. The molecular weight excluding hydrogens is 472 g/mol. The topological polar surface area (TPSA) is 73.5 Å². The van der Waals surface area contributed by atoms with E-state index in [0.717, 1.165) is 33.3 Å². The van der Waals surface area contributed by atoms with Crippen molar-refractivity contribution in [2.75, 3.05) is 11.9 Å². The van der Waals surface area contributed by atoms with Gasteiger partial charge in [0.25, 0.3) is 5.91 Å². The molecule has 0 bridgehead atoms. The van der Waals surface area contributed by atoms with Gasteiger partial charge in [-0.25, -0.2) is 4.79 Å². The van der Waals surface area contributed by atoms with Crippen LogP contribution in [-0.2, 0) is 11.3 Å². The number of fused-ring (bicyclic) bond motifs is 1. The molecule has 6 nitrogen and oxygen atoms in total. The van der Waals surface area contributed by atoms with Crippen molar-refractivity contribution in [3.05, 3.63) is 100 Å². The van der Waals surface area contributed by atoms with Crippen LogP contribution in [0.15, 0.2) is 76.7 Å². The average Bonchev–Trinajstić information content (AvgIpc) is 3.57. The van der Waals surface area contributed by atoms with E-state index in [1.807, 2.05) is 59.3 Å². The van der Waals surface area contributed by atoms with Crippen LogP contribution in [0.5, 0.6) is 0 Å². The Kier molecular flexibility index (Phi) is 6.48. The molecule has 1 N–H and O–H groups in total. The maximum atomic E-state index is 13.6. The number of nitrogens with one attached hydrogen (secondary N) is 1. The molecule has 36 heavy (non-hydrogen) atoms. The molecule has 7 heteroatoms. The van der Waals surface area contributed by atoms with Crippen molar-refractivity contribution in [3.63, 3.8) is 0 Å². The van der Waals surface area contributed by atoms with Gasteiger partial charge in [-0.1, -0.05) is 54.1 Å².